The Balaban J connectivity index is 2.06. The molecule has 6 heteroatoms. The largest absolute Gasteiger partial charge is 0.342 e. The summed E-state index contributed by atoms with van der Waals surface area (Å²) >= 11 is 0. The first-order valence-corrected chi connectivity index (χ1v) is 9.21. The van der Waals surface area contributed by atoms with Gasteiger partial charge in [0.2, 0.25) is 5.91 Å². The molecular formula is C19H33N5O. The van der Waals surface area contributed by atoms with Gasteiger partial charge >= 0.3 is 0 Å². The van der Waals surface area contributed by atoms with Gasteiger partial charge in [-0.1, -0.05) is 13.0 Å². The molecule has 0 saturated carbocycles. The molecule has 1 saturated heterocycles. The third-order valence-corrected chi connectivity index (χ3v) is 4.95. The number of piperidine rings is 1. The van der Waals surface area contributed by atoms with Gasteiger partial charge in [-0.25, -0.2) is 0 Å². The summed E-state index contributed by atoms with van der Waals surface area (Å²) in [4.78, 5) is 18.8. The number of rotatable bonds is 7. The molecule has 2 unspecified atom stereocenters. The molecule has 140 valence electrons. The van der Waals surface area contributed by atoms with Crippen molar-refractivity contribution in [3.05, 3.63) is 30.1 Å². The summed E-state index contributed by atoms with van der Waals surface area (Å²) < 4.78 is 1.87. The second-order valence-corrected chi connectivity index (χ2v) is 7.31. The van der Waals surface area contributed by atoms with Gasteiger partial charge in [0.1, 0.15) is 0 Å². The zero-order valence-corrected chi connectivity index (χ0v) is 16.4. The fraction of sp³-hybridized carbons (Fsp3) is 0.684. The average Bonchev–Trinajstić information content (AvgIpc) is 3.00. The van der Waals surface area contributed by atoms with Gasteiger partial charge in [0.15, 0.2) is 0 Å². The van der Waals surface area contributed by atoms with E-state index in [1.54, 1.807) is 6.08 Å². The predicted octanol–water partition coefficient (Wildman–Crippen LogP) is 1.77. The SMILES string of the molecule is CCN1CCCC(CN(C)C(=O)/C=C/CN(C)C)C1c1cnn(C)c1. The van der Waals surface area contributed by atoms with E-state index >= 15 is 0 Å². The summed E-state index contributed by atoms with van der Waals surface area (Å²) in [6, 6.07) is 0.341. The maximum Gasteiger partial charge on any atom is 0.246 e. The minimum absolute atomic E-state index is 0.0837. The van der Waals surface area contributed by atoms with Crippen molar-refractivity contribution in [2.45, 2.75) is 25.8 Å². The summed E-state index contributed by atoms with van der Waals surface area (Å²) in [5, 5.41) is 4.36. The van der Waals surface area contributed by atoms with Gasteiger partial charge in [-0.05, 0) is 45.9 Å². The second-order valence-electron chi connectivity index (χ2n) is 7.31. The Bertz CT molecular complexity index is 580. The summed E-state index contributed by atoms with van der Waals surface area (Å²) in [5.74, 6) is 0.523. The van der Waals surface area contributed by atoms with Crippen LogP contribution >= 0.6 is 0 Å². The fourth-order valence-electron chi connectivity index (χ4n) is 3.71. The molecule has 0 spiro atoms. The molecule has 1 amide bonds. The smallest absolute Gasteiger partial charge is 0.246 e. The van der Waals surface area contributed by atoms with Crippen LogP contribution in [-0.2, 0) is 11.8 Å². The summed E-state index contributed by atoms with van der Waals surface area (Å²) in [7, 11) is 7.87. The lowest BCUT2D eigenvalue weighted by molar-refractivity contribution is -0.125. The molecule has 0 radical (unpaired) electrons. The van der Waals surface area contributed by atoms with Gasteiger partial charge in [0, 0.05) is 51.1 Å². The molecule has 1 aromatic rings. The van der Waals surface area contributed by atoms with Gasteiger partial charge in [0.05, 0.1) is 6.20 Å². The quantitative estimate of drug-likeness (QED) is 0.705. The fourth-order valence-corrected chi connectivity index (χ4v) is 3.71. The van der Waals surface area contributed by atoms with Gasteiger partial charge in [-0.15, -0.1) is 0 Å². The molecule has 25 heavy (non-hydrogen) atoms. The van der Waals surface area contributed by atoms with Crippen LogP contribution in [-0.4, -0.2) is 77.7 Å². The number of hydrogen-bond donors (Lipinski definition) is 0. The number of amides is 1. The van der Waals surface area contributed by atoms with Crippen LogP contribution in [0.25, 0.3) is 0 Å². The molecule has 2 heterocycles. The van der Waals surface area contributed by atoms with Crippen LogP contribution in [0.15, 0.2) is 24.5 Å². The van der Waals surface area contributed by atoms with E-state index in [9.17, 15) is 4.79 Å². The lowest BCUT2D eigenvalue weighted by atomic mass is 9.85. The molecule has 0 aliphatic carbocycles. The molecule has 0 N–H and O–H groups in total. The summed E-state index contributed by atoms with van der Waals surface area (Å²) in [5.41, 5.74) is 1.26. The van der Waals surface area contributed by atoms with Crippen molar-refractivity contribution in [3.63, 3.8) is 0 Å². The predicted molar refractivity (Wildman–Crippen MR) is 101 cm³/mol. The van der Waals surface area contributed by atoms with E-state index in [2.05, 4.69) is 23.1 Å². The van der Waals surface area contributed by atoms with Crippen molar-refractivity contribution in [1.82, 2.24) is 24.5 Å². The Morgan fingerprint density at radius 3 is 2.76 bits per heavy atom. The van der Waals surface area contributed by atoms with Gasteiger partial charge in [-0.2, -0.15) is 5.10 Å². The Morgan fingerprint density at radius 1 is 1.40 bits per heavy atom. The molecule has 1 fully saturated rings. The van der Waals surface area contributed by atoms with Crippen molar-refractivity contribution in [2.75, 3.05) is 47.3 Å². The number of hydrogen-bond acceptors (Lipinski definition) is 4. The van der Waals surface area contributed by atoms with E-state index in [0.29, 0.717) is 12.0 Å². The third-order valence-electron chi connectivity index (χ3n) is 4.95. The number of carbonyl (C=O) groups excluding carboxylic acids is 1. The lowest BCUT2D eigenvalue weighted by Gasteiger charge is -2.41. The zero-order chi connectivity index (χ0) is 18.4. The van der Waals surface area contributed by atoms with Crippen LogP contribution in [0.3, 0.4) is 0 Å². The number of carbonyl (C=O) groups is 1. The van der Waals surface area contributed by atoms with E-state index < -0.39 is 0 Å². The van der Waals surface area contributed by atoms with Crippen LogP contribution in [0.2, 0.25) is 0 Å². The maximum atomic E-state index is 12.4. The zero-order valence-electron chi connectivity index (χ0n) is 16.4. The number of likely N-dealkylation sites (N-methyl/N-ethyl adjacent to an activating group) is 2. The monoisotopic (exact) mass is 347 g/mol. The Hall–Kier alpha value is -1.66. The molecule has 6 nitrogen and oxygen atoms in total. The molecule has 1 aromatic heterocycles. The molecule has 1 aliphatic heterocycles. The van der Waals surface area contributed by atoms with Crippen molar-refractivity contribution < 1.29 is 4.79 Å². The number of aryl methyl sites for hydroxylation is 1. The maximum absolute atomic E-state index is 12.4. The van der Waals surface area contributed by atoms with E-state index in [-0.39, 0.29) is 5.91 Å². The van der Waals surface area contributed by atoms with Crippen molar-refractivity contribution >= 4 is 5.91 Å². The van der Waals surface area contributed by atoms with Crippen molar-refractivity contribution in [2.24, 2.45) is 13.0 Å². The Labute approximate surface area is 152 Å². The molecule has 0 aromatic carbocycles. The van der Waals surface area contributed by atoms with E-state index in [4.69, 9.17) is 0 Å². The highest BCUT2D eigenvalue weighted by atomic mass is 16.2. The first-order chi connectivity index (χ1) is 11.9. The van der Waals surface area contributed by atoms with E-state index in [1.807, 2.05) is 54.9 Å². The highest BCUT2D eigenvalue weighted by Crippen LogP contribution is 2.36. The first-order valence-electron chi connectivity index (χ1n) is 9.21. The van der Waals surface area contributed by atoms with E-state index in [1.165, 1.54) is 12.0 Å². The minimum Gasteiger partial charge on any atom is -0.342 e. The third kappa shape index (κ3) is 5.41. The number of likely N-dealkylation sites (tertiary alicyclic amines) is 1. The first kappa shape index (κ1) is 19.7. The van der Waals surface area contributed by atoms with Gasteiger partial charge in [0.25, 0.3) is 0 Å². The normalized spacial score (nSPS) is 22.0. The summed E-state index contributed by atoms with van der Waals surface area (Å²) in [6.07, 6.45) is 10.0. The summed E-state index contributed by atoms with van der Waals surface area (Å²) in [6.45, 7) is 5.92. The second kappa shape index (κ2) is 9.15. The molecule has 2 rings (SSSR count). The standard InChI is InChI=1S/C19H33N5O/c1-6-24-12-7-9-16(19(24)17-13-20-23(5)15-17)14-22(4)18(25)10-8-11-21(2)3/h8,10,13,15-16,19H,6-7,9,11-12,14H2,1-5H3/b10-8+. The van der Waals surface area contributed by atoms with Gasteiger partial charge < -0.3 is 9.80 Å². The number of nitrogens with zero attached hydrogens (tertiary/aromatic N) is 5. The number of aromatic nitrogens is 2. The van der Waals surface area contributed by atoms with Crippen LogP contribution < -0.4 is 0 Å². The van der Waals surface area contributed by atoms with Crippen LogP contribution in [0.4, 0.5) is 0 Å². The highest BCUT2D eigenvalue weighted by molar-refractivity contribution is 5.87. The van der Waals surface area contributed by atoms with Crippen LogP contribution in [0.5, 0.6) is 0 Å². The Morgan fingerprint density at radius 2 is 2.16 bits per heavy atom. The topological polar surface area (TPSA) is 44.6 Å². The van der Waals surface area contributed by atoms with Crippen molar-refractivity contribution in [3.8, 4) is 0 Å². The van der Waals surface area contributed by atoms with E-state index in [0.717, 1.165) is 32.6 Å². The average molecular weight is 348 g/mol. The highest BCUT2D eigenvalue weighted by Gasteiger charge is 2.33. The minimum atomic E-state index is 0.0837. The van der Waals surface area contributed by atoms with Gasteiger partial charge in [-0.3, -0.25) is 14.4 Å². The molecule has 1 aliphatic rings. The lowest BCUT2D eigenvalue weighted by Crippen LogP contribution is -2.43. The van der Waals surface area contributed by atoms with Crippen LogP contribution in [0, 0.1) is 5.92 Å². The molecule has 2 atom stereocenters. The van der Waals surface area contributed by atoms with Crippen molar-refractivity contribution in [1.29, 1.82) is 0 Å². The molecule has 0 bridgehead atoms. The molecular weight excluding hydrogens is 314 g/mol. The van der Waals surface area contributed by atoms with Crippen LogP contribution in [0.1, 0.15) is 31.4 Å². The Kier molecular flexibility index (Phi) is 7.20.